The number of hydrogen-bond donors (Lipinski definition) is 3. The predicted octanol–water partition coefficient (Wildman–Crippen LogP) is 2.79. The van der Waals surface area contributed by atoms with Gasteiger partial charge in [0.15, 0.2) is 5.82 Å². The zero-order chi connectivity index (χ0) is 15.3. The van der Waals surface area contributed by atoms with Crippen molar-refractivity contribution in [2.75, 3.05) is 17.3 Å². The molecule has 2 rings (SSSR count). The number of benzene rings is 1. The summed E-state index contributed by atoms with van der Waals surface area (Å²) < 4.78 is 36.4. The average molecular weight is 297 g/mol. The number of hydrazine groups is 1. The van der Waals surface area contributed by atoms with E-state index in [1.54, 1.807) is 12.1 Å². The number of alkyl halides is 3. The Morgan fingerprint density at radius 1 is 1.05 bits per heavy atom. The quantitative estimate of drug-likeness (QED) is 0.584. The van der Waals surface area contributed by atoms with Gasteiger partial charge in [-0.05, 0) is 0 Å². The van der Waals surface area contributed by atoms with Crippen molar-refractivity contribution in [3.05, 3.63) is 36.4 Å². The Labute approximate surface area is 119 Å². The van der Waals surface area contributed by atoms with Crippen LogP contribution in [-0.2, 0) is 0 Å². The SMILES string of the molecule is NNc1cc(NCCC(F)(F)F)nc(-c2ccccc2)n1. The lowest BCUT2D eigenvalue weighted by Crippen LogP contribution is -2.16. The lowest BCUT2D eigenvalue weighted by Gasteiger charge is -2.11. The van der Waals surface area contributed by atoms with Crippen molar-refractivity contribution in [2.45, 2.75) is 12.6 Å². The molecule has 0 unspecified atom stereocenters. The molecule has 8 heteroatoms. The highest BCUT2D eigenvalue weighted by atomic mass is 19.4. The van der Waals surface area contributed by atoms with Gasteiger partial charge in [0.2, 0.25) is 0 Å². The van der Waals surface area contributed by atoms with Gasteiger partial charge in [-0.2, -0.15) is 13.2 Å². The van der Waals surface area contributed by atoms with Gasteiger partial charge in [0.25, 0.3) is 0 Å². The van der Waals surface area contributed by atoms with Crippen LogP contribution in [0.25, 0.3) is 11.4 Å². The van der Waals surface area contributed by atoms with E-state index in [0.29, 0.717) is 11.6 Å². The lowest BCUT2D eigenvalue weighted by atomic mass is 10.2. The molecule has 0 saturated heterocycles. The molecule has 21 heavy (non-hydrogen) atoms. The molecule has 0 radical (unpaired) electrons. The fraction of sp³-hybridized carbons (Fsp3) is 0.231. The minimum atomic E-state index is -4.21. The maximum atomic E-state index is 12.1. The summed E-state index contributed by atoms with van der Waals surface area (Å²) in [5, 5.41) is 2.62. The molecule has 1 aromatic carbocycles. The van der Waals surface area contributed by atoms with Gasteiger partial charge in [-0.15, -0.1) is 0 Å². The lowest BCUT2D eigenvalue weighted by molar-refractivity contribution is -0.131. The van der Waals surface area contributed by atoms with E-state index in [1.807, 2.05) is 18.2 Å². The van der Waals surface area contributed by atoms with Crippen LogP contribution >= 0.6 is 0 Å². The topological polar surface area (TPSA) is 75.9 Å². The number of nitrogens with one attached hydrogen (secondary N) is 2. The molecule has 0 fully saturated rings. The molecular weight excluding hydrogens is 283 g/mol. The largest absolute Gasteiger partial charge is 0.390 e. The fourth-order valence-corrected chi connectivity index (χ4v) is 1.66. The van der Waals surface area contributed by atoms with Crippen LogP contribution in [0.3, 0.4) is 0 Å². The maximum Gasteiger partial charge on any atom is 0.390 e. The van der Waals surface area contributed by atoms with Gasteiger partial charge in [0, 0.05) is 18.2 Å². The van der Waals surface area contributed by atoms with Crippen molar-refractivity contribution in [1.82, 2.24) is 9.97 Å². The first-order chi connectivity index (χ1) is 9.98. The molecule has 112 valence electrons. The smallest absolute Gasteiger partial charge is 0.370 e. The van der Waals surface area contributed by atoms with Crippen molar-refractivity contribution < 1.29 is 13.2 Å². The van der Waals surface area contributed by atoms with Crippen molar-refractivity contribution in [3.63, 3.8) is 0 Å². The molecule has 0 aliphatic rings. The second kappa shape index (κ2) is 6.40. The van der Waals surface area contributed by atoms with Gasteiger partial charge in [0.05, 0.1) is 6.42 Å². The van der Waals surface area contributed by atoms with Crippen LogP contribution in [0.5, 0.6) is 0 Å². The van der Waals surface area contributed by atoms with Crippen LogP contribution in [0.4, 0.5) is 24.8 Å². The van der Waals surface area contributed by atoms with Crippen molar-refractivity contribution in [3.8, 4) is 11.4 Å². The Balaban J connectivity index is 2.18. The first kappa shape index (κ1) is 15.0. The van der Waals surface area contributed by atoms with Crippen molar-refractivity contribution >= 4 is 11.6 Å². The maximum absolute atomic E-state index is 12.1. The molecule has 4 N–H and O–H groups in total. The van der Waals surface area contributed by atoms with E-state index in [4.69, 9.17) is 5.84 Å². The van der Waals surface area contributed by atoms with Crippen molar-refractivity contribution in [1.29, 1.82) is 0 Å². The molecule has 0 aliphatic carbocycles. The zero-order valence-corrected chi connectivity index (χ0v) is 11.0. The van der Waals surface area contributed by atoms with Gasteiger partial charge >= 0.3 is 6.18 Å². The Morgan fingerprint density at radius 3 is 2.33 bits per heavy atom. The molecule has 0 bridgehead atoms. The molecule has 0 saturated carbocycles. The third-order valence-corrected chi connectivity index (χ3v) is 2.62. The summed E-state index contributed by atoms with van der Waals surface area (Å²) in [5.41, 5.74) is 3.11. The Bertz CT molecular complexity index is 586. The molecule has 1 aromatic heterocycles. The Morgan fingerprint density at radius 2 is 1.71 bits per heavy atom. The van der Waals surface area contributed by atoms with Gasteiger partial charge < -0.3 is 10.7 Å². The number of aromatic nitrogens is 2. The molecule has 0 aliphatic heterocycles. The highest BCUT2D eigenvalue weighted by Gasteiger charge is 2.26. The van der Waals surface area contributed by atoms with Crippen molar-refractivity contribution in [2.24, 2.45) is 5.84 Å². The van der Waals surface area contributed by atoms with E-state index in [1.165, 1.54) is 6.07 Å². The number of nitrogens with two attached hydrogens (primary N) is 1. The van der Waals surface area contributed by atoms with Crippen LogP contribution in [0, 0.1) is 0 Å². The third kappa shape index (κ3) is 4.60. The Hall–Kier alpha value is -2.35. The second-order valence-electron chi connectivity index (χ2n) is 4.26. The number of rotatable bonds is 5. The van der Waals surface area contributed by atoms with Gasteiger partial charge in [-0.1, -0.05) is 30.3 Å². The highest BCUT2D eigenvalue weighted by molar-refractivity contribution is 5.60. The number of anilines is 2. The first-order valence-corrected chi connectivity index (χ1v) is 6.20. The van der Waals surface area contributed by atoms with Crippen LogP contribution in [0.15, 0.2) is 36.4 Å². The standard InChI is InChI=1S/C13H14F3N5/c14-13(15,16)6-7-18-10-8-11(21-17)20-12(19-10)9-4-2-1-3-5-9/h1-5,8H,6-7,17H2,(H2,18,19,20,21). The number of halogens is 3. The van der Waals surface area contributed by atoms with E-state index in [9.17, 15) is 13.2 Å². The molecule has 0 atom stereocenters. The molecular formula is C13H14F3N5. The molecule has 0 amide bonds. The molecule has 5 nitrogen and oxygen atoms in total. The summed E-state index contributed by atoms with van der Waals surface area (Å²) in [6, 6.07) is 10.5. The van der Waals surface area contributed by atoms with E-state index in [0.717, 1.165) is 5.56 Å². The minimum absolute atomic E-state index is 0.265. The monoisotopic (exact) mass is 297 g/mol. The van der Waals surface area contributed by atoms with Gasteiger partial charge in [-0.3, -0.25) is 0 Å². The summed E-state index contributed by atoms with van der Waals surface area (Å²) in [6.45, 7) is -0.265. The van der Waals surface area contributed by atoms with E-state index in [-0.39, 0.29) is 12.4 Å². The summed E-state index contributed by atoms with van der Waals surface area (Å²) in [6.07, 6.45) is -5.15. The van der Waals surface area contributed by atoms with E-state index in [2.05, 4.69) is 20.7 Å². The van der Waals surface area contributed by atoms with E-state index < -0.39 is 12.6 Å². The summed E-state index contributed by atoms with van der Waals surface area (Å²) >= 11 is 0. The summed E-state index contributed by atoms with van der Waals surface area (Å²) in [7, 11) is 0. The normalized spacial score (nSPS) is 11.2. The first-order valence-electron chi connectivity index (χ1n) is 6.20. The fourth-order valence-electron chi connectivity index (χ4n) is 1.66. The zero-order valence-electron chi connectivity index (χ0n) is 11.0. The van der Waals surface area contributed by atoms with Crippen LogP contribution in [0.2, 0.25) is 0 Å². The molecule has 1 heterocycles. The second-order valence-corrected chi connectivity index (χ2v) is 4.26. The summed E-state index contributed by atoms with van der Waals surface area (Å²) in [5.74, 6) is 6.29. The van der Waals surface area contributed by atoms with Crippen LogP contribution < -0.4 is 16.6 Å². The predicted molar refractivity (Wildman–Crippen MR) is 74.4 cm³/mol. The van der Waals surface area contributed by atoms with E-state index >= 15 is 0 Å². The van der Waals surface area contributed by atoms with Gasteiger partial charge in [0.1, 0.15) is 11.6 Å². The highest BCUT2D eigenvalue weighted by Crippen LogP contribution is 2.21. The molecule has 0 spiro atoms. The summed E-state index contributed by atoms with van der Waals surface area (Å²) in [4.78, 5) is 8.36. The minimum Gasteiger partial charge on any atom is -0.370 e. The Kier molecular flexibility index (Phi) is 4.59. The van der Waals surface area contributed by atoms with Gasteiger partial charge in [-0.25, -0.2) is 15.8 Å². The number of nitrogens with zero attached hydrogens (tertiary/aromatic N) is 2. The number of nitrogen functional groups attached to an aromatic ring is 1. The van der Waals surface area contributed by atoms with Crippen LogP contribution in [-0.4, -0.2) is 22.7 Å². The van der Waals surface area contributed by atoms with Crippen LogP contribution in [0.1, 0.15) is 6.42 Å². The molecule has 2 aromatic rings. The average Bonchev–Trinajstić information content (AvgIpc) is 2.46. The number of hydrogen-bond acceptors (Lipinski definition) is 5. The third-order valence-electron chi connectivity index (χ3n) is 2.62.